The highest BCUT2D eigenvalue weighted by molar-refractivity contribution is 8.69. The van der Waals surface area contributed by atoms with E-state index in [-0.39, 0.29) is 5.88 Å². The number of carbonyl (C=O) groups excluding carboxylic acids is 1. The molecule has 0 aromatic rings. The van der Waals surface area contributed by atoms with Crippen LogP contribution in [0.2, 0.25) is 0 Å². The van der Waals surface area contributed by atoms with Gasteiger partial charge in [-0.2, -0.15) is 0 Å². The molecule has 0 aromatic heterocycles. The van der Waals surface area contributed by atoms with E-state index in [1.54, 1.807) is 6.66 Å². The summed E-state index contributed by atoms with van der Waals surface area (Å²) in [6.07, 6.45) is -0.689. The van der Waals surface area contributed by atoms with Gasteiger partial charge >= 0.3 is 12.1 Å². The first-order valence-corrected chi connectivity index (χ1v) is 9.49. The first-order chi connectivity index (χ1) is 7.82. The molecule has 0 fully saturated rings. The second-order valence-corrected chi connectivity index (χ2v) is 11.0. The second-order valence-electron chi connectivity index (χ2n) is 3.01. The van der Waals surface area contributed by atoms with Gasteiger partial charge in [0.2, 0.25) is 0 Å². The summed E-state index contributed by atoms with van der Waals surface area (Å²) in [4.78, 5) is 22.9. The summed E-state index contributed by atoms with van der Waals surface area (Å²) in [5.41, 5.74) is -2.03. The van der Waals surface area contributed by atoms with E-state index in [1.807, 2.05) is 6.92 Å². The Morgan fingerprint density at radius 1 is 1.53 bits per heavy atom. The van der Waals surface area contributed by atoms with Crippen molar-refractivity contribution in [2.24, 2.45) is 0 Å². The number of carbonyl (C=O) groups is 2. The number of hydrogen-bond donors (Lipinski definition) is 1. The Morgan fingerprint density at radius 3 is 2.53 bits per heavy atom. The van der Waals surface area contributed by atoms with Crippen molar-refractivity contribution < 1.29 is 24.0 Å². The van der Waals surface area contributed by atoms with E-state index >= 15 is 0 Å². The fourth-order valence-electron chi connectivity index (χ4n) is 0.902. The van der Waals surface area contributed by atoms with Crippen LogP contribution >= 0.6 is 16.8 Å². The van der Waals surface area contributed by atoms with E-state index in [0.29, 0.717) is 6.61 Å². The highest BCUT2D eigenvalue weighted by Crippen LogP contribution is 2.56. The second kappa shape index (κ2) is 7.92. The number of nitrogens with zero attached hydrogens (tertiary/aromatic N) is 1. The maximum atomic E-state index is 11.3. The molecule has 9 heteroatoms. The van der Waals surface area contributed by atoms with Gasteiger partial charge in [-0.05, 0) is 13.6 Å². The minimum absolute atomic E-state index is 0.146. The molecule has 0 aliphatic rings. The minimum atomic E-state index is -2.03. The van der Waals surface area contributed by atoms with Crippen LogP contribution in [0.4, 0.5) is 4.79 Å². The molecule has 1 N–H and O–H groups in total. The Labute approximate surface area is 109 Å². The van der Waals surface area contributed by atoms with Crippen molar-refractivity contribution in [2.75, 3.05) is 32.8 Å². The molecule has 1 atom stereocenters. The standard InChI is InChI=1S/C8H16NO5PS2/c1-4-14-15(3,16)17-6-9(5-7(10)11)8(12)13-2/h4-6H2,1-3H3,(H,10,11). The number of carboxylic acid groups (broad SMARTS) is 1. The number of methoxy groups -OCH3 is 1. The van der Waals surface area contributed by atoms with Gasteiger partial charge in [0.15, 0.2) is 0 Å². The van der Waals surface area contributed by atoms with Crippen LogP contribution in [0.15, 0.2) is 0 Å². The number of rotatable bonds is 7. The highest BCUT2D eigenvalue weighted by atomic mass is 32.9. The molecule has 100 valence electrons. The van der Waals surface area contributed by atoms with Gasteiger partial charge in [-0.1, -0.05) is 23.2 Å². The molecule has 0 heterocycles. The maximum absolute atomic E-state index is 11.3. The molecule has 0 radical (unpaired) electrons. The van der Waals surface area contributed by atoms with E-state index in [1.165, 1.54) is 18.5 Å². The summed E-state index contributed by atoms with van der Waals surface area (Å²) in [5.74, 6) is -0.955. The highest BCUT2D eigenvalue weighted by Gasteiger charge is 2.20. The van der Waals surface area contributed by atoms with Crippen molar-refractivity contribution in [3.05, 3.63) is 0 Å². The van der Waals surface area contributed by atoms with Crippen LogP contribution in [-0.2, 0) is 25.9 Å². The molecule has 0 aliphatic carbocycles. The van der Waals surface area contributed by atoms with Gasteiger partial charge in [-0.15, -0.1) is 0 Å². The lowest BCUT2D eigenvalue weighted by Crippen LogP contribution is -2.35. The summed E-state index contributed by atoms with van der Waals surface area (Å²) >= 11 is 6.49. The lowest BCUT2D eigenvalue weighted by Gasteiger charge is -2.22. The van der Waals surface area contributed by atoms with Crippen molar-refractivity contribution in [2.45, 2.75) is 6.92 Å². The first-order valence-electron chi connectivity index (χ1n) is 4.73. The number of carboxylic acids is 1. The van der Waals surface area contributed by atoms with Gasteiger partial charge in [-0.25, -0.2) is 4.79 Å². The Bertz CT molecular complexity index is 325. The molecule has 0 spiro atoms. The van der Waals surface area contributed by atoms with Crippen LogP contribution in [0.3, 0.4) is 0 Å². The van der Waals surface area contributed by atoms with Gasteiger partial charge < -0.3 is 14.4 Å². The fraction of sp³-hybridized carbons (Fsp3) is 0.750. The van der Waals surface area contributed by atoms with E-state index < -0.39 is 24.1 Å². The average Bonchev–Trinajstić information content (AvgIpc) is 2.22. The van der Waals surface area contributed by atoms with Crippen LogP contribution in [0, 0.1) is 0 Å². The molecular formula is C8H16NO5PS2. The van der Waals surface area contributed by atoms with Gasteiger partial charge in [0.05, 0.1) is 13.0 Å². The number of aliphatic carboxylic acids is 1. The topological polar surface area (TPSA) is 76.1 Å². The summed E-state index contributed by atoms with van der Waals surface area (Å²) in [7, 11) is 1.20. The zero-order valence-electron chi connectivity index (χ0n) is 9.91. The molecule has 0 aliphatic heterocycles. The third-order valence-electron chi connectivity index (χ3n) is 1.57. The smallest absolute Gasteiger partial charge is 0.410 e. The molecule has 0 rings (SSSR count). The zero-order chi connectivity index (χ0) is 13.5. The van der Waals surface area contributed by atoms with Crippen molar-refractivity contribution in [1.29, 1.82) is 0 Å². The third-order valence-corrected chi connectivity index (χ3v) is 6.53. The lowest BCUT2D eigenvalue weighted by molar-refractivity contribution is -0.137. The quantitative estimate of drug-likeness (QED) is 0.567. The Balaban J connectivity index is 4.39. The summed E-state index contributed by atoms with van der Waals surface area (Å²) in [5, 5.41) is 8.65. The zero-order valence-corrected chi connectivity index (χ0v) is 12.4. The number of amides is 1. The van der Waals surface area contributed by atoms with E-state index in [9.17, 15) is 9.59 Å². The summed E-state index contributed by atoms with van der Waals surface area (Å²) < 4.78 is 9.85. The van der Waals surface area contributed by atoms with Crippen LogP contribution in [0.1, 0.15) is 6.92 Å². The number of hydrogen-bond acceptors (Lipinski definition) is 6. The predicted molar refractivity (Wildman–Crippen MR) is 71.0 cm³/mol. The van der Waals surface area contributed by atoms with E-state index in [0.717, 1.165) is 4.90 Å². The monoisotopic (exact) mass is 301 g/mol. The molecular weight excluding hydrogens is 285 g/mol. The van der Waals surface area contributed by atoms with Gasteiger partial charge in [0.1, 0.15) is 12.0 Å². The molecule has 1 amide bonds. The van der Waals surface area contributed by atoms with Crippen molar-refractivity contribution in [1.82, 2.24) is 4.90 Å². The summed E-state index contributed by atoms with van der Waals surface area (Å²) in [6, 6.07) is 0. The first kappa shape index (κ1) is 16.7. The molecule has 0 saturated carbocycles. The van der Waals surface area contributed by atoms with E-state index in [4.69, 9.17) is 21.4 Å². The minimum Gasteiger partial charge on any atom is -0.480 e. The van der Waals surface area contributed by atoms with E-state index in [2.05, 4.69) is 4.74 Å². The normalized spacial score (nSPS) is 13.8. The van der Waals surface area contributed by atoms with Gasteiger partial charge in [-0.3, -0.25) is 9.69 Å². The third kappa shape index (κ3) is 7.59. The SMILES string of the molecule is CCOP(C)(=S)SCN(CC(=O)O)C(=O)OC. The Kier molecular flexibility index (Phi) is 7.78. The van der Waals surface area contributed by atoms with Crippen molar-refractivity contribution in [3.8, 4) is 0 Å². The average molecular weight is 301 g/mol. The Hall–Kier alpha value is -0.300. The molecule has 6 nitrogen and oxygen atoms in total. The van der Waals surface area contributed by atoms with Crippen LogP contribution in [0.5, 0.6) is 0 Å². The fourth-order valence-corrected chi connectivity index (χ4v) is 4.32. The van der Waals surface area contributed by atoms with Crippen molar-refractivity contribution in [3.63, 3.8) is 0 Å². The van der Waals surface area contributed by atoms with Crippen molar-refractivity contribution >= 4 is 40.7 Å². The maximum Gasteiger partial charge on any atom is 0.410 e. The molecule has 17 heavy (non-hydrogen) atoms. The molecule has 1 unspecified atom stereocenters. The van der Waals surface area contributed by atoms with Crippen LogP contribution in [0.25, 0.3) is 0 Å². The lowest BCUT2D eigenvalue weighted by atomic mass is 10.6. The summed E-state index contributed by atoms with van der Waals surface area (Å²) in [6.45, 7) is 3.70. The number of ether oxygens (including phenoxy) is 1. The molecule has 0 aromatic carbocycles. The molecule has 0 saturated heterocycles. The Morgan fingerprint density at radius 2 is 2.12 bits per heavy atom. The van der Waals surface area contributed by atoms with Crippen LogP contribution < -0.4 is 0 Å². The molecule has 0 bridgehead atoms. The largest absolute Gasteiger partial charge is 0.480 e. The van der Waals surface area contributed by atoms with Crippen LogP contribution in [-0.4, -0.2) is 54.9 Å². The predicted octanol–water partition coefficient (Wildman–Crippen LogP) is 1.81. The van der Waals surface area contributed by atoms with Gasteiger partial charge in [0, 0.05) is 6.61 Å². The van der Waals surface area contributed by atoms with Gasteiger partial charge in [0.25, 0.3) is 0 Å².